The van der Waals surface area contributed by atoms with Crippen molar-refractivity contribution in [3.8, 4) is 0 Å². The monoisotopic (exact) mass is 240 g/mol. The summed E-state index contributed by atoms with van der Waals surface area (Å²) in [6, 6.07) is 11.5. The van der Waals surface area contributed by atoms with Crippen molar-refractivity contribution in [2.75, 3.05) is 0 Å². The second-order valence-corrected chi connectivity index (χ2v) is 3.96. The molecule has 18 heavy (non-hydrogen) atoms. The summed E-state index contributed by atoms with van der Waals surface area (Å²) in [5.74, 6) is 0. The molecule has 0 saturated carbocycles. The lowest BCUT2D eigenvalue weighted by molar-refractivity contribution is -0.383. The molecule has 0 radical (unpaired) electrons. The van der Waals surface area contributed by atoms with Crippen LogP contribution < -0.4 is 5.43 Å². The van der Waals surface area contributed by atoms with Gasteiger partial charge in [0.1, 0.15) is 5.39 Å². The molecule has 0 saturated heterocycles. The molecule has 88 valence electrons. The quantitative estimate of drug-likeness (QED) is 0.403. The minimum absolute atomic E-state index is 0.126. The van der Waals surface area contributed by atoms with Crippen molar-refractivity contribution in [1.29, 1.82) is 0 Å². The van der Waals surface area contributed by atoms with Crippen LogP contribution in [0.15, 0.2) is 47.3 Å². The molecule has 1 heterocycles. The average Bonchev–Trinajstić information content (AvgIpc) is 2.38. The minimum Gasteiger partial charge on any atom is -0.354 e. The molecule has 1 aromatic heterocycles. The van der Waals surface area contributed by atoms with Crippen molar-refractivity contribution in [2.45, 2.75) is 0 Å². The van der Waals surface area contributed by atoms with Gasteiger partial charge in [-0.25, -0.2) is 0 Å². The van der Waals surface area contributed by atoms with Gasteiger partial charge in [0.2, 0.25) is 5.43 Å². The number of aromatic nitrogens is 1. The van der Waals surface area contributed by atoms with Crippen LogP contribution in [0.4, 0.5) is 5.69 Å². The Bertz CT molecular complexity index is 836. The maximum atomic E-state index is 12.3. The summed E-state index contributed by atoms with van der Waals surface area (Å²) in [7, 11) is 0. The standard InChI is InChI=1S/C13H8N2O3/c16-13-8-4-1-2-5-9(8)14-10-6-3-7-11(12(10)13)15(17)18/h1-7H,(H,14,16). The summed E-state index contributed by atoms with van der Waals surface area (Å²) in [4.78, 5) is 25.8. The summed E-state index contributed by atoms with van der Waals surface area (Å²) in [6.45, 7) is 0. The van der Waals surface area contributed by atoms with E-state index in [1.54, 1.807) is 30.3 Å². The van der Waals surface area contributed by atoms with Gasteiger partial charge in [-0.2, -0.15) is 0 Å². The van der Waals surface area contributed by atoms with Crippen molar-refractivity contribution in [3.63, 3.8) is 0 Å². The maximum Gasteiger partial charge on any atom is 0.282 e. The first kappa shape index (κ1) is 10.5. The molecule has 0 aliphatic heterocycles. The lowest BCUT2D eigenvalue weighted by Gasteiger charge is -2.02. The van der Waals surface area contributed by atoms with Crippen molar-refractivity contribution >= 4 is 27.5 Å². The Morgan fingerprint density at radius 2 is 1.72 bits per heavy atom. The van der Waals surface area contributed by atoms with E-state index in [0.717, 1.165) is 0 Å². The van der Waals surface area contributed by atoms with E-state index in [-0.39, 0.29) is 16.5 Å². The largest absolute Gasteiger partial charge is 0.354 e. The molecule has 0 spiro atoms. The van der Waals surface area contributed by atoms with E-state index in [4.69, 9.17) is 0 Å². The van der Waals surface area contributed by atoms with E-state index < -0.39 is 4.92 Å². The van der Waals surface area contributed by atoms with Crippen LogP contribution in [0.5, 0.6) is 0 Å². The zero-order valence-electron chi connectivity index (χ0n) is 9.21. The molecule has 1 N–H and O–H groups in total. The van der Waals surface area contributed by atoms with Gasteiger partial charge in [-0.05, 0) is 18.2 Å². The highest BCUT2D eigenvalue weighted by Crippen LogP contribution is 2.23. The molecule has 0 bridgehead atoms. The second-order valence-electron chi connectivity index (χ2n) is 3.96. The normalized spacial score (nSPS) is 10.9. The molecule has 0 aliphatic carbocycles. The van der Waals surface area contributed by atoms with Gasteiger partial charge in [-0.15, -0.1) is 0 Å². The number of hydrogen-bond acceptors (Lipinski definition) is 3. The predicted molar refractivity (Wildman–Crippen MR) is 68.7 cm³/mol. The first-order valence-corrected chi connectivity index (χ1v) is 5.36. The third-order valence-electron chi connectivity index (χ3n) is 2.91. The van der Waals surface area contributed by atoms with Crippen molar-refractivity contribution in [2.24, 2.45) is 0 Å². The molecule has 0 amide bonds. The predicted octanol–water partition coefficient (Wildman–Crippen LogP) is 2.59. The maximum absolute atomic E-state index is 12.3. The molecule has 0 unspecified atom stereocenters. The van der Waals surface area contributed by atoms with Crippen LogP contribution in [0.2, 0.25) is 0 Å². The Kier molecular flexibility index (Phi) is 2.13. The average molecular weight is 240 g/mol. The fourth-order valence-electron chi connectivity index (χ4n) is 2.10. The molecular formula is C13H8N2O3. The van der Waals surface area contributed by atoms with Gasteiger partial charge < -0.3 is 4.98 Å². The van der Waals surface area contributed by atoms with Crippen LogP contribution >= 0.6 is 0 Å². The van der Waals surface area contributed by atoms with Gasteiger partial charge in [-0.3, -0.25) is 14.9 Å². The smallest absolute Gasteiger partial charge is 0.282 e. The zero-order chi connectivity index (χ0) is 12.7. The summed E-state index contributed by atoms with van der Waals surface area (Å²) < 4.78 is 0. The van der Waals surface area contributed by atoms with Crippen molar-refractivity contribution < 1.29 is 4.92 Å². The van der Waals surface area contributed by atoms with Gasteiger partial charge in [0.25, 0.3) is 5.69 Å². The molecule has 3 aromatic rings. The van der Waals surface area contributed by atoms with Crippen LogP contribution in [0.1, 0.15) is 0 Å². The summed E-state index contributed by atoms with van der Waals surface area (Å²) in [6.07, 6.45) is 0. The van der Waals surface area contributed by atoms with Gasteiger partial charge in [0.05, 0.1) is 10.4 Å². The van der Waals surface area contributed by atoms with Crippen LogP contribution in [0.25, 0.3) is 21.8 Å². The number of H-pyrrole nitrogens is 1. The number of pyridine rings is 1. The highest BCUT2D eigenvalue weighted by molar-refractivity contribution is 5.96. The first-order chi connectivity index (χ1) is 8.68. The Morgan fingerprint density at radius 3 is 2.50 bits per heavy atom. The number of aromatic amines is 1. The van der Waals surface area contributed by atoms with E-state index in [9.17, 15) is 14.9 Å². The minimum atomic E-state index is -0.535. The van der Waals surface area contributed by atoms with Crippen LogP contribution in [0.3, 0.4) is 0 Å². The second kappa shape index (κ2) is 3.66. The van der Waals surface area contributed by atoms with Crippen LogP contribution in [-0.4, -0.2) is 9.91 Å². The van der Waals surface area contributed by atoms with E-state index in [0.29, 0.717) is 16.4 Å². The van der Waals surface area contributed by atoms with E-state index in [1.165, 1.54) is 6.07 Å². The fraction of sp³-hybridized carbons (Fsp3) is 0. The molecule has 0 fully saturated rings. The molecule has 5 nitrogen and oxygen atoms in total. The molecule has 2 aromatic carbocycles. The lowest BCUT2D eigenvalue weighted by Crippen LogP contribution is -2.06. The number of nitro benzene ring substituents is 1. The van der Waals surface area contributed by atoms with E-state index >= 15 is 0 Å². The van der Waals surface area contributed by atoms with Gasteiger partial charge in [0.15, 0.2) is 0 Å². The molecule has 0 atom stereocenters. The number of rotatable bonds is 1. The molecule has 3 rings (SSSR count). The van der Waals surface area contributed by atoms with Gasteiger partial charge in [0, 0.05) is 17.0 Å². The van der Waals surface area contributed by atoms with Crippen LogP contribution in [0, 0.1) is 10.1 Å². The van der Waals surface area contributed by atoms with E-state index in [1.807, 2.05) is 6.07 Å². The topological polar surface area (TPSA) is 76.0 Å². The Hall–Kier alpha value is -2.69. The van der Waals surface area contributed by atoms with Crippen LogP contribution in [-0.2, 0) is 0 Å². The van der Waals surface area contributed by atoms with Crippen molar-refractivity contribution in [3.05, 3.63) is 62.8 Å². The molecule has 5 heteroatoms. The number of para-hydroxylation sites is 1. The highest BCUT2D eigenvalue weighted by atomic mass is 16.6. The number of nitrogens with one attached hydrogen (secondary N) is 1. The SMILES string of the molecule is O=c1c2ccccc2[nH]c2cccc([N+](=O)[O-])c12. The van der Waals surface area contributed by atoms with Crippen molar-refractivity contribution in [1.82, 2.24) is 4.98 Å². The number of hydrogen-bond donors (Lipinski definition) is 1. The summed E-state index contributed by atoms with van der Waals surface area (Å²) in [5, 5.41) is 11.5. The van der Waals surface area contributed by atoms with Gasteiger partial charge >= 0.3 is 0 Å². The molecule has 0 aliphatic rings. The Morgan fingerprint density at radius 1 is 1.00 bits per heavy atom. The number of non-ortho nitro benzene ring substituents is 1. The number of fused-ring (bicyclic) bond motifs is 2. The Balaban J connectivity index is 2.61. The zero-order valence-corrected chi connectivity index (χ0v) is 9.21. The third-order valence-corrected chi connectivity index (χ3v) is 2.91. The summed E-state index contributed by atoms with van der Waals surface area (Å²) >= 11 is 0. The highest BCUT2D eigenvalue weighted by Gasteiger charge is 2.16. The number of nitrogens with zero attached hydrogens (tertiary/aromatic N) is 1. The molecular weight excluding hydrogens is 232 g/mol. The number of nitro groups is 1. The Labute approximate surface area is 101 Å². The third kappa shape index (κ3) is 1.37. The first-order valence-electron chi connectivity index (χ1n) is 5.36. The van der Waals surface area contributed by atoms with Gasteiger partial charge in [-0.1, -0.05) is 18.2 Å². The number of benzene rings is 2. The lowest BCUT2D eigenvalue weighted by atomic mass is 10.1. The van der Waals surface area contributed by atoms with E-state index in [2.05, 4.69) is 4.98 Å². The summed E-state index contributed by atoms with van der Waals surface area (Å²) in [5.41, 5.74) is 0.676. The fourth-order valence-corrected chi connectivity index (χ4v) is 2.10.